The lowest BCUT2D eigenvalue weighted by Crippen LogP contribution is -2.42. The predicted molar refractivity (Wildman–Crippen MR) is 78.3 cm³/mol. The third-order valence-electron chi connectivity index (χ3n) is 4.05. The molecule has 0 spiro atoms. The maximum Gasteiger partial charge on any atom is 0.246 e. The number of anilines is 1. The molecule has 1 aromatic heterocycles. The second-order valence-electron chi connectivity index (χ2n) is 5.93. The van der Waals surface area contributed by atoms with Gasteiger partial charge in [0.25, 0.3) is 0 Å². The van der Waals surface area contributed by atoms with Crippen molar-refractivity contribution >= 4 is 32.6 Å². The number of aromatic nitrogens is 1. The lowest BCUT2D eigenvalue weighted by molar-refractivity contribution is -0.119. The van der Waals surface area contributed by atoms with E-state index in [0.717, 1.165) is 22.2 Å². The van der Waals surface area contributed by atoms with Crippen LogP contribution in [0.3, 0.4) is 0 Å². The largest absolute Gasteiger partial charge is 0.317 e. The Morgan fingerprint density at radius 2 is 2.16 bits per heavy atom. The molecule has 3 rings (SSSR count). The second-order valence-corrected chi connectivity index (χ2v) is 6.96. The molecule has 2 aromatic rings. The Kier molecular flexibility index (Phi) is 2.50. The zero-order valence-electron chi connectivity index (χ0n) is 11.3. The van der Waals surface area contributed by atoms with Crippen LogP contribution < -0.4 is 11.1 Å². The van der Waals surface area contributed by atoms with Crippen LogP contribution in [0.1, 0.15) is 25.8 Å². The monoisotopic (exact) mass is 275 g/mol. The lowest BCUT2D eigenvalue weighted by Gasteiger charge is -2.13. The molecule has 1 heterocycles. The summed E-state index contributed by atoms with van der Waals surface area (Å²) < 4.78 is 1.08. The number of carbonyl (C=O) groups excluding carboxylic acids is 1. The molecule has 0 aliphatic heterocycles. The van der Waals surface area contributed by atoms with Crippen molar-refractivity contribution in [2.45, 2.75) is 32.7 Å². The van der Waals surface area contributed by atoms with E-state index in [-0.39, 0.29) is 11.3 Å². The van der Waals surface area contributed by atoms with Crippen molar-refractivity contribution in [2.75, 3.05) is 5.32 Å². The molecule has 0 bridgehead atoms. The summed E-state index contributed by atoms with van der Waals surface area (Å²) in [5.41, 5.74) is 7.30. The molecule has 1 aromatic carbocycles. The Hall–Kier alpha value is -1.46. The van der Waals surface area contributed by atoms with Gasteiger partial charge in [-0.3, -0.25) is 4.79 Å². The van der Waals surface area contributed by atoms with E-state index in [1.165, 1.54) is 11.3 Å². The highest BCUT2D eigenvalue weighted by Crippen LogP contribution is 2.54. The van der Waals surface area contributed by atoms with E-state index in [4.69, 9.17) is 5.73 Å². The zero-order valence-corrected chi connectivity index (χ0v) is 12.1. The number of hydrogen-bond donors (Lipinski definition) is 2. The van der Waals surface area contributed by atoms with Crippen molar-refractivity contribution in [3.05, 3.63) is 23.8 Å². The van der Waals surface area contributed by atoms with Gasteiger partial charge in [-0.15, -0.1) is 0 Å². The number of carbonyl (C=O) groups is 1. The number of para-hydroxylation sites is 1. The van der Waals surface area contributed by atoms with Gasteiger partial charge in [0, 0.05) is 0 Å². The summed E-state index contributed by atoms with van der Waals surface area (Å²) in [6.45, 7) is 6.03. The molecule has 3 N–H and O–H groups in total. The minimum absolute atomic E-state index is 0.121. The van der Waals surface area contributed by atoms with Gasteiger partial charge in [-0.05, 0) is 30.4 Å². The predicted octanol–water partition coefficient (Wildman–Crippen LogP) is 2.67. The van der Waals surface area contributed by atoms with Gasteiger partial charge in [0.2, 0.25) is 5.91 Å². The first-order valence-corrected chi connectivity index (χ1v) is 7.12. The summed E-state index contributed by atoms with van der Waals surface area (Å²) in [6.07, 6.45) is 0.718. The van der Waals surface area contributed by atoms with E-state index in [1.807, 2.05) is 39.0 Å². The Morgan fingerprint density at radius 1 is 1.47 bits per heavy atom. The number of benzene rings is 1. The lowest BCUT2D eigenvalue weighted by atomic mass is 10.1. The number of hydrogen-bond acceptors (Lipinski definition) is 4. The number of fused-ring (bicyclic) bond motifs is 1. The van der Waals surface area contributed by atoms with Crippen LogP contribution in [0.2, 0.25) is 0 Å². The van der Waals surface area contributed by atoms with Gasteiger partial charge in [0.1, 0.15) is 5.54 Å². The van der Waals surface area contributed by atoms with Gasteiger partial charge < -0.3 is 11.1 Å². The van der Waals surface area contributed by atoms with E-state index in [1.54, 1.807) is 0 Å². The van der Waals surface area contributed by atoms with Gasteiger partial charge in [-0.2, -0.15) is 0 Å². The first kappa shape index (κ1) is 12.6. The van der Waals surface area contributed by atoms with Gasteiger partial charge in [-0.25, -0.2) is 4.98 Å². The molecule has 0 saturated heterocycles. The summed E-state index contributed by atoms with van der Waals surface area (Å²) in [7, 11) is 0. The molecular formula is C14H17N3OS. The fourth-order valence-electron chi connectivity index (χ4n) is 2.39. The summed E-state index contributed by atoms with van der Waals surface area (Å²) in [4.78, 5) is 16.7. The molecule has 1 amide bonds. The molecule has 1 atom stereocenters. The van der Waals surface area contributed by atoms with Crippen LogP contribution in [0.15, 0.2) is 18.2 Å². The van der Waals surface area contributed by atoms with Crippen LogP contribution in [0.5, 0.6) is 0 Å². The highest BCUT2D eigenvalue weighted by Gasteiger charge is 2.63. The van der Waals surface area contributed by atoms with Crippen LogP contribution in [0.4, 0.5) is 5.13 Å². The Balaban J connectivity index is 1.87. The molecule has 100 valence electrons. The van der Waals surface area contributed by atoms with Gasteiger partial charge >= 0.3 is 0 Å². The van der Waals surface area contributed by atoms with Gasteiger partial charge in [-0.1, -0.05) is 37.3 Å². The molecular weight excluding hydrogens is 258 g/mol. The molecule has 1 aliphatic rings. The first-order chi connectivity index (χ1) is 8.83. The average Bonchev–Trinajstić information content (AvgIpc) is 2.70. The van der Waals surface area contributed by atoms with Crippen LogP contribution >= 0.6 is 11.3 Å². The van der Waals surface area contributed by atoms with E-state index in [0.29, 0.717) is 5.13 Å². The molecule has 1 aliphatic carbocycles. The number of aryl methyl sites for hydroxylation is 1. The van der Waals surface area contributed by atoms with Crippen LogP contribution in [0, 0.1) is 12.3 Å². The number of thiazole rings is 1. The number of nitrogens with one attached hydrogen (secondary N) is 1. The fraction of sp³-hybridized carbons (Fsp3) is 0.429. The summed E-state index contributed by atoms with van der Waals surface area (Å²) in [6, 6.07) is 6.02. The van der Waals surface area contributed by atoms with Crippen molar-refractivity contribution in [2.24, 2.45) is 11.1 Å². The van der Waals surface area contributed by atoms with E-state index in [9.17, 15) is 4.79 Å². The molecule has 1 unspecified atom stereocenters. The van der Waals surface area contributed by atoms with E-state index >= 15 is 0 Å². The minimum atomic E-state index is -0.750. The van der Waals surface area contributed by atoms with Crippen LogP contribution in [-0.4, -0.2) is 16.4 Å². The van der Waals surface area contributed by atoms with Gasteiger partial charge in [0.05, 0.1) is 10.2 Å². The van der Waals surface area contributed by atoms with Gasteiger partial charge in [0.15, 0.2) is 5.13 Å². The smallest absolute Gasteiger partial charge is 0.246 e. The van der Waals surface area contributed by atoms with E-state index in [2.05, 4.69) is 10.3 Å². The van der Waals surface area contributed by atoms with Crippen molar-refractivity contribution in [1.82, 2.24) is 4.98 Å². The van der Waals surface area contributed by atoms with Crippen molar-refractivity contribution in [1.29, 1.82) is 0 Å². The summed E-state index contributed by atoms with van der Waals surface area (Å²) >= 11 is 1.49. The second kappa shape index (κ2) is 3.77. The maximum absolute atomic E-state index is 12.2. The number of amides is 1. The van der Waals surface area contributed by atoms with Crippen molar-refractivity contribution in [3.8, 4) is 0 Å². The molecule has 0 radical (unpaired) electrons. The van der Waals surface area contributed by atoms with Crippen molar-refractivity contribution in [3.63, 3.8) is 0 Å². The normalized spacial score (nSPS) is 24.4. The number of rotatable bonds is 2. The highest BCUT2D eigenvalue weighted by atomic mass is 32.1. The molecule has 19 heavy (non-hydrogen) atoms. The van der Waals surface area contributed by atoms with E-state index < -0.39 is 5.54 Å². The number of nitrogens with two attached hydrogens (primary N) is 1. The maximum atomic E-state index is 12.2. The van der Waals surface area contributed by atoms with Crippen molar-refractivity contribution < 1.29 is 4.79 Å². The Labute approximate surface area is 116 Å². The topological polar surface area (TPSA) is 68.0 Å². The SMILES string of the molecule is Cc1cccc2sc(NC(=O)C3(N)CC3(C)C)nc12. The fourth-order valence-corrected chi connectivity index (χ4v) is 3.33. The molecule has 1 fully saturated rings. The minimum Gasteiger partial charge on any atom is -0.317 e. The quantitative estimate of drug-likeness (QED) is 0.885. The molecule has 4 nitrogen and oxygen atoms in total. The Bertz CT molecular complexity index is 676. The average molecular weight is 275 g/mol. The third-order valence-corrected chi connectivity index (χ3v) is 4.99. The third kappa shape index (κ3) is 1.84. The highest BCUT2D eigenvalue weighted by molar-refractivity contribution is 7.22. The molecule has 1 saturated carbocycles. The Morgan fingerprint density at radius 3 is 2.74 bits per heavy atom. The van der Waals surface area contributed by atoms with Crippen LogP contribution in [0.25, 0.3) is 10.2 Å². The number of nitrogens with zero attached hydrogens (tertiary/aromatic N) is 1. The summed E-state index contributed by atoms with van der Waals surface area (Å²) in [5, 5.41) is 3.49. The molecule has 5 heteroatoms. The first-order valence-electron chi connectivity index (χ1n) is 6.30. The summed E-state index contributed by atoms with van der Waals surface area (Å²) in [5.74, 6) is -0.130. The van der Waals surface area contributed by atoms with Crippen LogP contribution in [-0.2, 0) is 4.79 Å². The zero-order chi connectivity index (χ0) is 13.8. The standard InChI is InChI=1S/C14H17N3OS/c1-8-5-4-6-9-10(8)16-12(19-9)17-11(18)14(15)7-13(14,2)3/h4-6H,7,15H2,1-3H3,(H,16,17,18).